The number of hydrogen-bond acceptors (Lipinski definition) is 4. The molecule has 0 saturated heterocycles. The molecule has 0 unspecified atom stereocenters. The van der Waals surface area contributed by atoms with Crippen LogP contribution in [0.3, 0.4) is 0 Å². The number of guanidine groups is 1. The number of aromatic nitrogens is 1. The first-order chi connectivity index (χ1) is 10.1. The highest BCUT2D eigenvalue weighted by Crippen LogP contribution is 2.19. The van der Waals surface area contributed by atoms with E-state index in [0.717, 1.165) is 22.1 Å². The molecule has 0 fully saturated rings. The van der Waals surface area contributed by atoms with Crippen molar-refractivity contribution in [3.63, 3.8) is 0 Å². The van der Waals surface area contributed by atoms with Crippen LogP contribution in [0.2, 0.25) is 0 Å². The zero-order valence-corrected chi connectivity index (χ0v) is 13.3. The van der Waals surface area contributed by atoms with Crippen molar-refractivity contribution in [2.75, 3.05) is 12.4 Å². The second-order valence-electron chi connectivity index (χ2n) is 4.88. The van der Waals surface area contributed by atoms with Gasteiger partial charge >= 0.3 is 0 Å². The lowest BCUT2D eigenvalue weighted by Gasteiger charge is -2.06. The highest BCUT2D eigenvalue weighted by Gasteiger charge is 2.05. The van der Waals surface area contributed by atoms with Crippen molar-refractivity contribution in [2.24, 2.45) is 10.7 Å². The van der Waals surface area contributed by atoms with E-state index in [4.69, 9.17) is 10.5 Å². The Balaban J connectivity index is 1.96. The van der Waals surface area contributed by atoms with Gasteiger partial charge in [0.25, 0.3) is 0 Å². The fraction of sp³-hybridized carbons (Fsp3) is 0.333. The third-order valence-corrected chi connectivity index (χ3v) is 3.74. The maximum Gasteiger partial charge on any atom is 0.193 e. The van der Waals surface area contributed by atoms with Crippen molar-refractivity contribution in [1.82, 2.24) is 4.98 Å². The van der Waals surface area contributed by atoms with E-state index >= 15 is 0 Å². The Bertz CT molecular complexity index is 622. The molecule has 112 valence electrons. The Hall–Kier alpha value is -2.08. The van der Waals surface area contributed by atoms with E-state index in [9.17, 15) is 0 Å². The van der Waals surface area contributed by atoms with Crippen molar-refractivity contribution in [3.05, 3.63) is 40.3 Å². The Kier molecular flexibility index (Phi) is 5.16. The van der Waals surface area contributed by atoms with Crippen LogP contribution in [0.5, 0.6) is 5.75 Å². The fourth-order valence-electron chi connectivity index (χ4n) is 1.70. The summed E-state index contributed by atoms with van der Waals surface area (Å²) in [6.07, 6.45) is 0. The molecular formula is C15H20N4OS. The lowest BCUT2D eigenvalue weighted by molar-refractivity contribution is 0.415. The van der Waals surface area contributed by atoms with Crippen LogP contribution in [-0.2, 0) is 6.54 Å². The topological polar surface area (TPSA) is 72.5 Å². The Labute approximate surface area is 128 Å². The van der Waals surface area contributed by atoms with E-state index in [0.29, 0.717) is 18.4 Å². The first kappa shape index (κ1) is 15.3. The SMILES string of the molecule is COc1cccc(NC(N)=NCc2nc(C(C)C)cs2)c1. The van der Waals surface area contributed by atoms with Crippen LogP contribution >= 0.6 is 11.3 Å². The monoisotopic (exact) mass is 304 g/mol. The van der Waals surface area contributed by atoms with Gasteiger partial charge in [-0.2, -0.15) is 0 Å². The van der Waals surface area contributed by atoms with Crippen LogP contribution in [0.25, 0.3) is 0 Å². The number of nitrogens with one attached hydrogen (secondary N) is 1. The lowest BCUT2D eigenvalue weighted by atomic mass is 10.2. The molecule has 1 aromatic carbocycles. The molecule has 0 amide bonds. The first-order valence-corrected chi connectivity index (χ1v) is 7.61. The minimum absolute atomic E-state index is 0.365. The molecule has 0 radical (unpaired) electrons. The summed E-state index contributed by atoms with van der Waals surface area (Å²) >= 11 is 1.61. The van der Waals surface area contributed by atoms with Gasteiger partial charge in [-0.05, 0) is 18.1 Å². The summed E-state index contributed by atoms with van der Waals surface area (Å²) in [6, 6.07) is 7.54. The summed E-state index contributed by atoms with van der Waals surface area (Å²) in [7, 11) is 1.63. The maximum atomic E-state index is 5.89. The predicted octanol–water partition coefficient (Wildman–Crippen LogP) is 3.20. The van der Waals surface area contributed by atoms with Crippen molar-refractivity contribution < 1.29 is 4.74 Å². The Morgan fingerprint density at radius 3 is 2.95 bits per heavy atom. The van der Waals surface area contributed by atoms with Gasteiger partial charge in [0.05, 0.1) is 19.3 Å². The van der Waals surface area contributed by atoms with Crippen molar-refractivity contribution in [1.29, 1.82) is 0 Å². The summed E-state index contributed by atoms with van der Waals surface area (Å²) in [4.78, 5) is 8.83. The van der Waals surface area contributed by atoms with Gasteiger partial charge in [0.1, 0.15) is 10.8 Å². The molecule has 5 nitrogen and oxygen atoms in total. The van der Waals surface area contributed by atoms with Crippen LogP contribution in [0.1, 0.15) is 30.5 Å². The number of nitrogens with zero attached hydrogens (tertiary/aromatic N) is 2. The summed E-state index contributed by atoms with van der Waals surface area (Å²) in [5.41, 5.74) is 7.83. The van der Waals surface area contributed by atoms with Gasteiger partial charge in [-0.3, -0.25) is 0 Å². The number of ether oxygens (including phenoxy) is 1. The summed E-state index contributed by atoms with van der Waals surface area (Å²) in [6.45, 7) is 4.74. The average Bonchev–Trinajstić information content (AvgIpc) is 2.94. The minimum atomic E-state index is 0.365. The molecule has 21 heavy (non-hydrogen) atoms. The zero-order chi connectivity index (χ0) is 15.2. The number of anilines is 1. The van der Waals surface area contributed by atoms with Gasteiger partial charge < -0.3 is 15.8 Å². The van der Waals surface area contributed by atoms with E-state index in [1.165, 1.54) is 0 Å². The summed E-state index contributed by atoms with van der Waals surface area (Å²) < 4.78 is 5.16. The van der Waals surface area contributed by atoms with E-state index in [2.05, 4.69) is 34.5 Å². The molecule has 0 aliphatic heterocycles. The molecule has 2 rings (SSSR count). The van der Waals surface area contributed by atoms with Crippen LogP contribution in [0.4, 0.5) is 5.69 Å². The van der Waals surface area contributed by atoms with Gasteiger partial charge in [-0.1, -0.05) is 19.9 Å². The van der Waals surface area contributed by atoms with Gasteiger partial charge in [-0.25, -0.2) is 9.98 Å². The van der Waals surface area contributed by atoms with Crippen molar-refractivity contribution >= 4 is 23.0 Å². The molecule has 1 heterocycles. The van der Waals surface area contributed by atoms with Gasteiger partial charge in [0.15, 0.2) is 5.96 Å². The van der Waals surface area contributed by atoms with Crippen LogP contribution in [0.15, 0.2) is 34.6 Å². The van der Waals surface area contributed by atoms with Gasteiger partial charge in [-0.15, -0.1) is 11.3 Å². The van der Waals surface area contributed by atoms with E-state index in [1.807, 2.05) is 24.3 Å². The van der Waals surface area contributed by atoms with E-state index in [1.54, 1.807) is 18.4 Å². The molecule has 2 aromatic rings. The molecule has 3 N–H and O–H groups in total. The smallest absolute Gasteiger partial charge is 0.193 e. The molecule has 0 saturated carbocycles. The van der Waals surface area contributed by atoms with E-state index in [-0.39, 0.29) is 0 Å². The van der Waals surface area contributed by atoms with Crippen LogP contribution in [0, 0.1) is 0 Å². The number of nitrogens with two attached hydrogens (primary N) is 1. The number of aliphatic imine (C=N–C) groups is 1. The zero-order valence-electron chi connectivity index (χ0n) is 12.5. The second-order valence-corrected chi connectivity index (χ2v) is 5.82. The third-order valence-electron chi connectivity index (χ3n) is 2.89. The molecule has 0 atom stereocenters. The van der Waals surface area contributed by atoms with Crippen LogP contribution < -0.4 is 15.8 Å². The number of methoxy groups -OCH3 is 1. The average molecular weight is 304 g/mol. The van der Waals surface area contributed by atoms with Gasteiger partial charge in [0.2, 0.25) is 0 Å². The largest absolute Gasteiger partial charge is 0.497 e. The fourth-order valence-corrected chi connectivity index (χ4v) is 2.58. The Morgan fingerprint density at radius 2 is 2.29 bits per heavy atom. The number of benzene rings is 1. The maximum absolute atomic E-state index is 5.89. The van der Waals surface area contributed by atoms with Crippen LogP contribution in [-0.4, -0.2) is 18.1 Å². The van der Waals surface area contributed by atoms with E-state index < -0.39 is 0 Å². The second kappa shape index (κ2) is 7.08. The highest BCUT2D eigenvalue weighted by atomic mass is 32.1. The standard InChI is InChI=1S/C15H20N4OS/c1-10(2)13-9-21-14(19-13)8-17-15(16)18-11-5-4-6-12(7-11)20-3/h4-7,9-10H,8H2,1-3H3,(H3,16,17,18). The summed E-state index contributed by atoms with van der Waals surface area (Å²) in [5, 5.41) is 6.08. The quantitative estimate of drug-likeness (QED) is 0.657. The summed E-state index contributed by atoms with van der Waals surface area (Å²) in [5.74, 6) is 1.57. The molecular weight excluding hydrogens is 284 g/mol. The third kappa shape index (κ3) is 4.46. The molecule has 1 aromatic heterocycles. The number of rotatable bonds is 5. The number of hydrogen-bond donors (Lipinski definition) is 2. The van der Waals surface area contributed by atoms with Gasteiger partial charge in [0, 0.05) is 17.1 Å². The van der Waals surface area contributed by atoms with Crippen molar-refractivity contribution in [3.8, 4) is 5.75 Å². The highest BCUT2D eigenvalue weighted by molar-refractivity contribution is 7.09. The molecule has 0 bridgehead atoms. The Morgan fingerprint density at radius 1 is 1.48 bits per heavy atom. The predicted molar refractivity (Wildman–Crippen MR) is 88.1 cm³/mol. The lowest BCUT2D eigenvalue weighted by Crippen LogP contribution is -2.22. The molecule has 6 heteroatoms. The normalized spacial score (nSPS) is 11.7. The number of thiazole rings is 1. The molecule has 0 aliphatic carbocycles. The molecule has 0 spiro atoms. The minimum Gasteiger partial charge on any atom is -0.497 e. The van der Waals surface area contributed by atoms with Crippen molar-refractivity contribution in [2.45, 2.75) is 26.3 Å². The molecule has 0 aliphatic rings. The first-order valence-electron chi connectivity index (χ1n) is 6.73.